The number of carbonyl (C=O) groups is 7. The number of amides is 4. The number of hydrogen-bond acceptors (Lipinski definition) is 8. The molecule has 0 aromatic heterocycles. The molecule has 0 aromatic carbocycles. The summed E-state index contributed by atoms with van der Waals surface area (Å²) in [5.74, 6) is -7.38. The first-order valence-electron chi connectivity index (χ1n) is 12.8. The first kappa shape index (κ1) is 33.3. The number of carbonyl (C=O) groups excluding carboxylic acids is 4. The van der Waals surface area contributed by atoms with Gasteiger partial charge in [-0.25, -0.2) is 4.79 Å². The molecule has 39 heavy (non-hydrogen) atoms. The zero-order valence-corrected chi connectivity index (χ0v) is 22.3. The molecular weight excluding hydrogens is 518 g/mol. The number of nitrogens with zero attached hydrogens (tertiary/aromatic N) is 1. The summed E-state index contributed by atoms with van der Waals surface area (Å²) >= 11 is 0. The number of carboxylic acids is 3. The van der Waals surface area contributed by atoms with E-state index in [0.29, 0.717) is 19.3 Å². The van der Waals surface area contributed by atoms with E-state index in [0.717, 1.165) is 0 Å². The predicted molar refractivity (Wildman–Crippen MR) is 135 cm³/mol. The monoisotopic (exact) mass is 557 g/mol. The third-order valence-corrected chi connectivity index (χ3v) is 6.56. The van der Waals surface area contributed by atoms with Crippen LogP contribution in [0, 0.1) is 5.92 Å². The fourth-order valence-corrected chi connectivity index (χ4v) is 4.12. The first-order chi connectivity index (χ1) is 18.2. The minimum absolute atomic E-state index is 0.281. The molecule has 0 aliphatic carbocycles. The van der Waals surface area contributed by atoms with Gasteiger partial charge in [0.2, 0.25) is 23.6 Å². The van der Waals surface area contributed by atoms with Crippen LogP contribution in [-0.4, -0.2) is 98.5 Å². The quantitative estimate of drug-likeness (QED) is 0.117. The van der Waals surface area contributed by atoms with Crippen molar-refractivity contribution in [3.05, 3.63) is 0 Å². The van der Waals surface area contributed by atoms with Crippen molar-refractivity contribution in [1.82, 2.24) is 20.9 Å². The highest BCUT2D eigenvalue weighted by atomic mass is 16.4. The number of nitrogens with one attached hydrogen (secondary N) is 3. The molecule has 0 saturated carbocycles. The summed E-state index contributed by atoms with van der Waals surface area (Å²) in [6, 6.07) is -6.01. The Morgan fingerprint density at radius 3 is 1.85 bits per heavy atom. The lowest BCUT2D eigenvalue weighted by Gasteiger charge is -2.28. The van der Waals surface area contributed by atoms with E-state index in [1.165, 1.54) is 11.8 Å². The van der Waals surface area contributed by atoms with Crippen LogP contribution in [0.5, 0.6) is 0 Å². The molecule has 0 radical (unpaired) electrons. The van der Waals surface area contributed by atoms with Gasteiger partial charge in [-0.2, -0.15) is 0 Å². The highest BCUT2D eigenvalue weighted by molar-refractivity contribution is 5.96. The predicted octanol–water partition coefficient (Wildman–Crippen LogP) is -1.36. The van der Waals surface area contributed by atoms with E-state index < -0.39 is 96.9 Å². The second kappa shape index (κ2) is 15.6. The Balaban J connectivity index is 3.12. The maximum atomic E-state index is 13.1. The van der Waals surface area contributed by atoms with Gasteiger partial charge in [-0.05, 0) is 38.5 Å². The molecule has 8 N–H and O–H groups in total. The van der Waals surface area contributed by atoms with E-state index in [2.05, 4.69) is 16.0 Å². The maximum absolute atomic E-state index is 13.1. The first-order valence-corrected chi connectivity index (χ1v) is 12.8. The van der Waals surface area contributed by atoms with Crippen molar-refractivity contribution in [1.29, 1.82) is 0 Å². The van der Waals surface area contributed by atoms with Gasteiger partial charge in [0.1, 0.15) is 24.2 Å². The van der Waals surface area contributed by atoms with Crippen LogP contribution in [0.15, 0.2) is 0 Å². The van der Waals surface area contributed by atoms with Gasteiger partial charge in [0, 0.05) is 19.4 Å². The average molecular weight is 558 g/mol. The molecule has 15 heteroatoms. The molecule has 1 heterocycles. The van der Waals surface area contributed by atoms with Gasteiger partial charge >= 0.3 is 17.9 Å². The van der Waals surface area contributed by atoms with E-state index in [-0.39, 0.29) is 13.0 Å². The lowest BCUT2D eigenvalue weighted by molar-refractivity contribution is -0.144. The fourth-order valence-electron chi connectivity index (χ4n) is 4.12. The molecule has 0 bridgehead atoms. The number of aliphatic carboxylic acids is 3. The summed E-state index contributed by atoms with van der Waals surface area (Å²) in [6.45, 7) is 5.07. The van der Waals surface area contributed by atoms with Gasteiger partial charge < -0.3 is 41.9 Å². The summed E-state index contributed by atoms with van der Waals surface area (Å²) in [7, 11) is 0. The molecule has 15 nitrogen and oxygen atoms in total. The summed E-state index contributed by atoms with van der Waals surface area (Å²) in [6.07, 6.45) is -0.587. The SMILES string of the molecule is CC[C@H](C)[C@H](NC(=O)[C@H](CCC(=O)O)NC(=O)[C@H](CCC(=O)O)NC(=O)[C@@H]1CCCN1C(=O)[C@H](C)N)C(=O)O. The van der Waals surface area contributed by atoms with Crippen molar-refractivity contribution >= 4 is 41.5 Å². The maximum Gasteiger partial charge on any atom is 0.326 e. The van der Waals surface area contributed by atoms with Gasteiger partial charge in [0.15, 0.2) is 0 Å². The van der Waals surface area contributed by atoms with E-state index in [1.807, 2.05) is 0 Å². The highest BCUT2D eigenvalue weighted by Crippen LogP contribution is 2.19. The van der Waals surface area contributed by atoms with E-state index in [1.54, 1.807) is 13.8 Å². The Labute approximate surface area is 225 Å². The van der Waals surface area contributed by atoms with Crippen molar-refractivity contribution in [3.8, 4) is 0 Å². The van der Waals surface area contributed by atoms with Crippen LogP contribution < -0.4 is 21.7 Å². The van der Waals surface area contributed by atoms with Gasteiger partial charge in [-0.1, -0.05) is 20.3 Å². The number of likely N-dealkylation sites (tertiary alicyclic amines) is 1. The topological polar surface area (TPSA) is 246 Å². The van der Waals surface area contributed by atoms with E-state index >= 15 is 0 Å². The van der Waals surface area contributed by atoms with Gasteiger partial charge in [0.25, 0.3) is 0 Å². The molecule has 0 unspecified atom stereocenters. The Kier molecular flexibility index (Phi) is 13.3. The van der Waals surface area contributed by atoms with Crippen LogP contribution in [0.3, 0.4) is 0 Å². The van der Waals surface area contributed by atoms with Gasteiger partial charge in [-0.15, -0.1) is 0 Å². The van der Waals surface area contributed by atoms with Crippen molar-refractivity contribution in [3.63, 3.8) is 0 Å². The van der Waals surface area contributed by atoms with Crippen molar-refractivity contribution in [2.75, 3.05) is 6.54 Å². The zero-order valence-electron chi connectivity index (χ0n) is 22.3. The number of hydrogen-bond donors (Lipinski definition) is 7. The summed E-state index contributed by atoms with van der Waals surface area (Å²) in [4.78, 5) is 86.7. The van der Waals surface area contributed by atoms with Crippen LogP contribution in [0.2, 0.25) is 0 Å². The van der Waals surface area contributed by atoms with Crippen LogP contribution in [0.4, 0.5) is 0 Å². The molecule has 220 valence electrons. The third-order valence-electron chi connectivity index (χ3n) is 6.56. The Hall–Kier alpha value is -3.75. The van der Waals surface area contributed by atoms with Crippen molar-refractivity contribution in [2.45, 2.75) is 95.9 Å². The molecule has 1 aliphatic rings. The second-order valence-corrected chi connectivity index (χ2v) is 9.68. The Morgan fingerprint density at radius 1 is 0.872 bits per heavy atom. The molecule has 1 rings (SSSR count). The highest BCUT2D eigenvalue weighted by Gasteiger charge is 2.37. The van der Waals surface area contributed by atoms with Crippen molar-refractivity contribution in [2.24, 2.45) is 11.7 Å². The molecule has 1 fully saturated rings. The van der Waals surface area contributed by atoms with Gasteiger partial charge in [-0.3, -0.25) is 28.8 Å². The average Bonchev–Trinajstić information content (AvgIpc) is 3.35. The number of carboxylic acid groups (broad SMARTS) is 3. The summed E-state index contributed by atoms with van der Waals surface area (Å²) < 4.78 is 0. The summed E-state index contributed by atoms with van der Waals surface area (Å²) in [5.41, 5.74) is 5.65. The van der Waals surface area contributed by atoms with Gasteiger partial charge in [0.05, 0.1) is 6.04 Å². The van der Waals surface area contributed by atoms with Crippen molar-refractivity contribution < 1.29 is 48.9 Å². The van der Waals surface area contributed by atoms with Crippen LogP contribution in [-0.2, 0) is 33.6 Å². The molecule has 0 spiro atoms. The zero-order chi connectivity index (χ0) is 29.9. The Bertz CT molecular complexity index is 940. The standard InChI is InChI=1S/C24H39N5O10/c1-4-12(2)19(24(38)39)28-21(35)15(8-10-18(32)33)26-20(34)14(7-9-17(30)31)27-22(36)16-6-5-11-29(16)23(37)13(3)25/h12-16,19H,4-11,25H2,1-3H3,(H,26,34)(H,27,36)(H,28,35)(H,30,31)(H,32,33)(H,38,39)/t12-,13-,14-,15-,16-,19-/m0/s1. The van der Waals surface area contributed by atoms with E-state index in [4.69, 9.17) is 15.9 Å². The van der Waals surface area contributed by atoms with Crippen LogP contribution in [0.1, 0.15) is 65.7 Å². The molecule has 1 saturated heterocycles. The summed E-state index contributed by atoms with van der Waals surface area (Å²) in [5, 5.41) is 34.8. The normalized spacial score (nSPS) is 18.7. The third kappa shape index (κ3) is 10.5. The molecule has 0 aromatic rings. The number of nitrogens with two attached hydrogens (primary N) is 1. The molecular formula is C24H39N5O10. The number of rotatable bonds is 16. The molecule has 1 aliphatic heterocycles. The minimum atomic E-state index is -1.48. The van der Waals surface area contributed by atoms with Crippen LogP contribution in [0.25, 0.3) is 0 Å². The lowest BCUT2D eigenvalue weighted by Crippen LogP contribution is -2.58. The fraction of sp³-hybridized carbons (Fsp3) is 0.708. The Morgan fingerprint density at radius 2 is 1.38 bits per heavy atom. The van der Waals surface area contributed by atoms with Crippen LogP contribution >= 0.6 is 0 Å². The lowest BCUT2D eigenvalue weighted by atomic mass is 9.98. The molecule has 6 atom stereocenters. The second-order valence-electron chi connectivity index (χ2n) is 9.68. The molecule has 4 amide bonds. The minimum Gasteiger partial charge on any atom is -0.481 e. The smallest absolute Gasteiger partial charge is 0.326 e. The largest absolute Gasteiger partial charge is 0.481 e. The van der Waals surface area contributed by atoms with E-state index in [9.17, 15) is 38.7 Å².